The first-order valence-corrected chi connectivity index (χ1v) is 11.4. The summed E-state index contributed by atoms with van der Waals surface area (Å²) in [6, 6.07) is 3.64. The molecule has 1 saturated carbocycles. The molecule has 0 radical (unpaired) electrons. The van der Waals surface area contributed by atoms with E-state index in [1.807, 2.05) is 19.9 Å². The van der Waals surface area contributed by atoms with Crippen molar-refractivity contribution < 1.29 is 8.42 Å². The van der Waals surface area contributed by atoms with Gasteiger partial charge in [0.25, 0.3) is 10.0 Å². The Morgan fingerprint density at radius 3 is 2.50 bits per heavy atom. The SMILES string of the molecule is CCNC(=NCC1CC1)NCCc1ccc(S(=O)(=O)N(CC)CC)s1.I. The summed E-state index contributed by atoms with van der Waals surface area (Å²) < 4.78 is 27.0. The maximum absolute atomic E-state index is 12.5. The molecule has 1 fully saturated rings. The van der Waals surface area contributed by atoms with Crippen LogP contribution in [0, 0.1) is 5.92 Å². The van der Waals surface area contributed by atoms with Crippen LogP contribution in [-0.2, 0) is 16.4 Å². The number of sulfonamides is 1. The molecule has 0 spiro atoms. The molecule has 0 aromatic carbocycles. The highest BCUT2D eigenvalue weighted by Crippen LogP contribution is 2.28. The van der Waals surface area contributed by atoms with Gasteiger partial charge >= 0.3 is 0 Å². The summed E-state index contributed by atoms with van der Waals surface area (Å²) in [5.74, 6) is 1.61. The van der Waals surface area contributed by atoms with Crippen molar-refractivity contribution in [1.29, 1.82) is 0 Å². The van der Waals surface area contributed by atoms with Crippen LogP contribution in [0.25, 0.3) is 0 Å². The maximum atomic E-state index is 12.5. The zero-order valence-electron chi connectivity index (χ0n) is 15.8. The van der Waals surface area contributed by atoms with Crippen molar-refractivity contribution in [3.05, 3.63) is 17.0 Å². The molecule has 9 heteroatoms. The number of aliphatic imine (C=N–C) groups is 1. The number of guanidine groups is 1. The third-order valence-electron chi connectivity index (χ3n) is 4.15. The molecule has 1 aromatic heterocycles. The lowest BCUT2D eigenvalue weighted by Crippen LogP contribution is -2.38. The van der Waals surface area contributed by atoms with Gasteiger partial charge in [0.15, 0.2) is 5.96 Å². The van der Waals surface area contributed by atoms with Gasteiger partial charge in [-0.2, -0.15) is 4.31 Å². The molecule has 0 atom stereocenters. The van der Waals surface area contributed by atoms with Gasteiger partial charge in [-0.25, -0.2) is 8.42 Å². The highest BCUT2D eigenvalue weighted by atomic mass is 127. The Labute approximate surface area is 178 Å². The van der Waals surface area contributed by atoms with Gasteiger partial charge in [0.05, 0.1) is 0 Å². The highest BCUT2D eigenvalue weighted by Gasteiger charge is 2.23. The van der Waals surface area contributed by atoms with E-state index in [0.29, 0.717) is 17.3 Å². The van der Waals surface area contributed by atoms with Gasteiger partial charge in [0, 0.05) is 37.6 Å². The summed E-state index contributed by atoms with van der Waals surface area (Å²) in [6.45, 7) is 9.24. The van der Waals surface area contributed by atoms with Crippen LogP contribution in [0.1, 0.15) is 38.5 Å². The standard InChI is InChI=1S/C17H30N4O2S2.HI/c1-4-18-17(20-13-14-7-8-14)19-12-11-15-9-10-16(24-15)25(22,23)21(5-2)6-3;/h9-10,14H,4-8,11-13H2,1-3H3,(H2,18,19,20);1H. The molecular formula is C17H31IN4O2S2. The number of nitrogens with one attached hydrogen (secondary N) is 2. The van der Waals surface area contributed by atoms with E-state index >= 15 is 0 Å². The van der Waals surface area contributed by atoms with Crippen LogP contribution in [0.4, 0.5) is 0 Å². The van der Waals surface area contributed by atoms with E-state index in [0.717, 1.165) is 42.8 Å². The molecule has 0 unspecified atom stereocenters. The van der Waals surface area contributed by atoms with Gasteiger partial charge in [-0.05, 0) is 44.2 Å². The molecule has 1 heterocycles. The fourth-order valence-electron chi connectivity index (χ4n) is 2.49. The van der Waals surface area contributed by atoms with Crippen LogP contribution in [0.15, 0.2) is 21.3 Å². The van der Waals surface area contributed by atoms with Crippen molar-refractivity contribution >= 4 is 51.3 Å². The van der Waals surface area contributed by atoms with Crippen molar-refractivity contribution in [2.75, 3.05) is 32.7 Å². The molecule has 0 bridgehead atoms. The second kappa shape index (κ2) is 11.5. The van der Waals surface area contributed by atoms with Gasteiger partial charge in [0.1, 0.15) is 4.21 Å². The van der Waals surface area contributed by atoms with E-state index in [1.54, 1.807) is 6.07 Å². The molecule has 150 valence electrons. The Hall–Kier alpha value is -0.390. The maximum Gasteiger partial charge on any atom is 0.252 e. The lowest BCUT2D eigenvalue weighted by atomic mass is 10.3. The first kappa shape index (κ1) is 23.6. The number of thiophene rings is 1. The second-order valence-electron chi connectivity index (χ2n) is 6.15. The quantitative estimate of drug-likeness (QED) is 0.286. The number of rotatable bonds is 10. The highest BCUT2D eigenvalue weighted by molar-refractivity contribution is 14.0. The fraction of sp³-hybridized carbons (Fsp3) is 0.706. The fourth-order valence-corrected chi connectivity index (χ4v) is 5.46. The zero-order valence-corrected chi connectivity index (χ0v) is 19.8. The van der Waals surface area contributed by atoms with Crippen LogP contribution < -0.4 is 10.6 Å². The normalized spacial score (nSPS) is 15.0. The summed E-state index contributed by atoms with van der Waals surface area (Å²) in [7, 11) is -3.35. The molecule has 26 heavy (non-hydrogen) atoms. The first-order chi connectivity index (χ1) is 12.0. The zero-order chi connectivity index (χ0) is 18.3. The summed E-state index contributed by atoms with van der Waals surface area (Å²) >= 11 is 1.36. The number of halogens is 1. The van der Waals surface area contributed by atoms with Crippen molar-refractivity contribution in [2.45, 2.75) is 44.2 Å². The van der Waals surface area contributed by atoms with Gasteiger partial charge in [0.2, 0.25) is 0 Å². The lowest BCUT2D eigenvalue weighted by molar-refractivity contribution is 0.447. The lowest BCUT2D eigenvalue weighted by Gasteiger charge is -2.16. The van der Waals surface area contributed by atoms with Crippen molar-refractivity contribution in [2.24, 2.45) is 10.9 Å². The van der Waals surface area contributed by atoms with Crippen LogP contribution in [0.5, 0.6) is 0 Å². The number of nitrogens with zero attached hydrogens (tertiary/aromatic N) is 2. The molecule has 6 nitrogen and oxygen atoms in total. The Kier molecular flexibility index (Phi) is 10.4. The first-order valence-electron chi connectivity index (χ1n) is 9.12. The minimum atomic E-state index is -3.35. The molecule has 2 rings (SSSR count). The van der Waals surface area contributed by atoms with E-state index in [-0.39, 0.29) is 24.0 Å². The van der Waals surface area contributed by atoms with E-state index in [9.17, 15) is 8.42 Å². The summed E-state index contributed by atoms with van der Waals surface area (Å²) in [6.07, 6.45) is 3.37. The van der Waals surface area contributed by atoms with Crippen LogP contribution in [0.2, 0.25) is 0 Å². The molecular weight excluding hydrogens is 483 g/mol. The van der Waals surface area contributed by atoms with E-state index in [2.05, 4.69) is 22.5 Å². The van der Waals surface area contributed by atoms with E-state index < -0.39 is 10.0 Å². The van der Waals surface area contributed by atoms with E-state index in [4.69, 9.17) is 0 Å². The van der Waals surface area contributed by atoms with Crippen LogP contribution in [-0.4, -0.2) is 51.4 Å². The Balaban J connectivity index is 0.00000338. The molecule has 1 aromatic rings. The molecule has 1 aliphatic carbocycles. The molecule has 2 N–H and O–H groups in total. The number of hydrogen-bond acceptors (Lipinski definition) is 4. The average molecular weight is 514 g/mol. The topological polar surface area (TPSA) is 73.8 Å². The Bertz CT molecular complexity index is 668. The summed E-state index contributed by atoms with van der Waals surface area (Å²) in [5, 5.41) is 6.58. The number of hydrogen-bond donors (Lipinski definition) is 2. The van der Waals surface area contributed by atoms with Crippen LogP contribution in [0.3, 0.4) is 0 Å². The monoisotopic (exact) mass is 514 g/mol. The predicted molar refractivity (Wildman–Crippen MR) is 120 cm³/mol. The minimum absolute atomic E-state index is 0. The molecule has 0 amide bonds. The molecule has 0 saturated heterocycles. The van der Waals surface area contributed by atoms with Crippen molar-refractivity contribution in [3.8, 4) is 0 Å². The molecule has 0 aliphatic heterocycles. The van der Waals surface area contributed by atoms with Crippen molar-refractivity contribution in [3.63, 3.8) is 0 Å². The van der Waals surface area contributed by atoms with Crippen molar-refractivity contribution in [1.82, 2.24) is 14.9 Å². The average Bonchev–Trinajstić information content (AvgIpc) is 3.29. The van der Waals surface area contributed by atoms with E-state index in [1.165, 1.54) is 28.5 Å². The van der Waals surface area contributed by atoms with Gasteiger partial charge in [-0.1, -0.05) is 13.8 Å². The summed E-state index contributed by atoms with van der Waals surface area (Å²) in [4.78, 5) is 5.66. The third-order valence-corrected chi connectivity index (χ3v) is 7.81. The van der Waals surface area contributed by atoms with Gasteiger partial charge in [-0.15, -0.1) is 35.3 Å². The third kappa shape index (κ3) is 6.97. The molecule has 1 aliphatic rings. The predicted octanol–water partition coefficient (Wildman–Crippen LogP) is 2.90. The Morgan fingerprint density at radius 1 is 1.23 bits per heavy atom. The van der Waals surface area contributed by atoms with Gasteiger partial charge in [-0.3, -0.25) is 4.99 Å². The van der Waals surface area contributed by atoms with Crippen LogP contribution >= 0.6 is 35.3 Å². The smallest absolute Gasteiger partial charge is 0.252 e. The largest absolute Gasteiger partial charge is 0.357 e. The Morgan fingerprint density at radius 2 is 1.92 bits per heavy atom. The minimum Gasteiger partial charge on any atom is -0.357 e. The van der Waals surface area contributed by atoms with Gasteiger partial charge < -0.3 is 10.6 Å². The second-order valence-corrected chi connectivity index (χ2v) is 9.48. The summed E-state index contributed by atoms with van der Waals surface area (Å²) in [5.41, 5.74) is 0.